The van der Waals surface area contributed by atoms with Gasteiger partial charge in [0.2, 0.25) is 0 Å². The molecule has 1 N–H and O–H groups in total. The van der Waals surface area contributed by atoms with E-state index in [0.717, 1.165) is 30.4 Å². The number of nitrogens with zero attached hydrogens (tertiary/aromatic N) is 1. The third-order valence-electron chi connectivity index (χ3n) is 4.05. The summed E-state index contributed by atoms with van der Waals surface area (Å²) in [6.45, 7) is 4.54. The Morgan fingerprint density at radius 3 is 2.57 bits per heavy atom. The first kappa shape index (κ1) is 16.5. The number of rotatable bonds is 6. The van der Waals surface area contributed by atoms with E-state index in [1.54, 1.807) is 0 Å². The second kappa shape index (κ2) is 7.92. The van der Waals surface area contributed by atoms with E-state index in [-0.39, 0.29) is 12.5 Å². The van der Waals surface area contributed by atoms with Gasteiger partial charge in [-0.15, -0.1) is 0 Å². The van der Waals surface area contributed by atoms with Crippen LogP contribution < -0.4 is 0 Å². The van der Waals surface area contributed by atoms with Gasteiger partial charge in [0, 0.05) is 23.6 Å². The number of ether oxygens (including phenoxy) is 1. The molecule has 1 atom stereocenters. The van der Waals surface area contributed by atoms with Gasteiger partial charge < -0.3 is 9.84 Å². The van der Waals surface area contributed by atoms with Crippen molar-refractivity contribution >= 4 is 21.9 Å². The SMILES string of the molecule is CC(c1ccc(Br)cc1)N1CCC(OCCC(=O)O)CC1. The molecule has 21 heavy (non-hydrogen) atoms. The lowest BCUT2D eigenvalue weighted by atomic mass is 10.0. The van der Waals surface area contributed by atoms with Crippen molar-refractivity contribution in [2.75, 3.05) is 19.7 Å². The number of carbonyl (C=O) groups is 1. The first-order valence-electron chi connectivity index (χ1n) is 7.39. The molecule has 116 valence electrons. The van der Waals surface area contributed by atoms with E-state index < -0.39 is 5.97 Å². The van der Waals surface area contributed by atoms with Gasteiger partial charge >= 0.3 is 5.97 Å². The van der Waals surface area contributed by atoms with E-state index in [9.17, 15) is 4.79 Å². The smallest absolute Gasteiger partial charge is 0.305 e. The standard InChI is InChI=1S/C16H22BrNO3/c1-12(13-2-4-14(17)5-3-13)18-9-6-15(7-10-18)21-11-8-16(19)20/h2-5,12,15H,6-11H2,1H3,(H,19,20). The minimum Gasteiger partial charge on any atom is -0.481 e. The van der Waals surface area contributed by atoms with E-state index in [1.165, 1.54) is 5.56 Å². The van der Waals surface area contributed by atoms with Crippen molar-refractivity contribution in [1.29, 1.82) is 0 Å². The third kappa shape index (κ3) is 5.09. The second-order valence-corrected chi connectivity index (χ2v) is 6.39. The topological polar surface area (TPSA) is 49.8 Å². The van der Waals surface area contributed by atoms with Crippen LogP contribution in [0.3, 0.4) is 0 Å². The van der Waals surface area contributed by atoms with Gasteiger partial charge in [0.1, 0.15) is 0 Å². The largest absolute Gasteiger partial charge is 0.481 e. The third-order valence-corrected chi connectivity index (χ3v) is 4.57. The summed E-state index contributed by atoms with van der Waals surface area (Å²) in [6.07, 6.45) is 2.24. The molecule has 0 aromatic heterocycles. The Hall–Kier alpha value is -0.910. The minimum atomic E-state index is -0.795. The van der Waals surface area contributed by atoms with Crippen LogP contribution in [0.25, 0.3) is 0 Å². The van der Waals surface area contributed by atoms with Crippen molar-refractivity contribution < 1.29 is 14.6 Å². The molecule has 5 heteroatoms. The van der Waals surface area contributed by atoms with E-state index in [2.05, 4.69) is 52.0 Å². The highest BCUT2D eigenvalue weighted by Gasteiger charge is 2.23. The average Bonchev–Trinajstić information content (AvgIpc) is 2.48. The monoisotopic (exact) mass is 355 g/mol. The summed E-state index contributed by atoms with van der Waals surface area (Å²) >= 11 is 3.46. The molecule has 1 aliphatic rings. The Morgan fingerprint density at radius 2 is 2.00 bits per heavy atom. The summed E-state index contributed by atoms with van der Waals surface area (Å²) < 4.78 is 6.73. The van der Waals surface area contributed by atoms with Gasteiger partial charge in [-0.1, -0.05) is 28.1 Å². The van der Waals surface area contributed by atoms with Crippen LogP contribution in [0.1, 0.15) is 37.8 Å². The lowest BCUT2D eigenvalue weighted by Gasteiger charge is -2.36. The molecule has 0 radical (unpaired) electrons. The second-order valence-electron chi connectivity index (χ2n) is 5.48. The molecule has 1 heterocycles. The maximum Gasteiger partial charge on any atom is 0.305 e. The van der Waals surface area contributed by atoms with Crippen LogP contribution in [0.15, 0.2) is 28.7 Å². The fraction of sp³-hybridized carbons (Fsp3) is 0.562. The predicted octanol–water partition coefficient (Wildman–Crippen LogP) is 3.47. The van der Waals surface area contributed by atoms with Crippen LogP contribution in [0.5, 0.6) is 0 Å². The maximum atomic E-state index is 10.5. The summed E-state index contributed by atoms with van der Waals surface area (Å²) in [5.41, 5.74) is 1.32. The molecule has 1 aromatic rings. The Morgan fingerprint density at radius 1 is 1.38 bits per heavy atom. The number of likely N-dealkylation sites (tertiary alicyclic amines) is 1. The van der Waals surface area contributed by atoms with Crippen molar-refractivity contribution in [2.24, 2.45) is 0 Å². The quantitative estimate of drug-likeness (QED) is 0.848. The minimum absolute atomic E-state index is 0.0928. The number of carboxylic acid groups (broad SMARTS) is 1. The van der Waals surface area contributed by atoms with Crippen LogP contribution in [0.2, 0.25) is 0 Å². The Bertz CT molecular complexity index is 455. The van der Waals surface area contributed by atoms with Crippen LogP contribution in [0.4, 0.5) is 0 Å². The summed E-state index contributed by atoms with van der Waals surface area (Å²) in [4.78, 5) is 12.9. The van der Waals surface area contributed by atoms with Crippen LogP contribution in [0, 0.1) is 0 Å². The first-order chi connectivity index (χ1) is 10.1. The molecule has 1 unspecified atom stereocenters. The zero-order valence-corrected chi connectivity index (χ0v) is 13.9. The molecule has 1 aromatic carbocycles. The molecule has 0 spiro atoms. The van der Waals surface area contributed by atoms with Crippen molar-refractivity contribution in [2.45, 2.75) is 38.3 Å². The summed E-state index contributed by atoms with van der Waals surface area (Å²) in [5, 5.41) is 8.61. The number of aliphatic carboxylic acids is 1. The van der Waals surface area contributed by atoms with Gasteiger partial charge in [-0.2, -0.15) is 0 Å². The average molecular weight is 356 g/mol. The fourth-order valence-corrected chi connectivity index (χ4v) is 2.96. The number of piperidine rings is 1. The highest BCUT2D eigenvalue weighted by Crippen LogP contribution is 2.26. The molecule has 1 fully saturated rings. The van der Waals surface area contributed by atoms with Crippen molar-refractivity contribution in [1.82, 2.24) is 4.90 Å². The zero-order valence-electron chi connectivity index (χ0n) is 12.3. The van der Waals surface area contributed by atoms with E-state index in [0.29, 0.717) is 12.6 Å². The first-order valence-corrected chi connectivity index (χ1v) is 8.18. The molecule has 0 saturated carbocycles. The predicted molar refractivity (Wildman–Crippen MR) is 85.4 cm³/mol. The van der Waals surface area contributed by atoms with Gasteiger partial charge in [-0.05, 0) is 37.5 Å². The number of carboxylic acids is 1. The Kier molecular flexibility index (Phi) is 6.21. The van der Waals surface area contributed by atoms with Crippen molar-refractivity contribution in [3.63, 3.8) is 0 Å². The molecular formula is C16H22BrNO3. The lowest BCUT2D eigenvalue weighted by Crippen LogP contribution is -2.38. The summed E-state index contributed by atoms with van der Waals surface area (Å²) in [6, 6.07) is 8.87. The maximum absolute atomic E-state index is 10.5. The van der Waals surface area contributed by atoms with Gasteiger partial charge in [-0.3, -0.25) is 9.69 Å². The van der Waals surface area contributed by atoms with E-state index >= 15 is 0 Å². The van der Waals surface area contributed by atoms with Crippen LogP contribution in [-0.4, -0.2) is 41.8 Å². The Labute approximate surface area is 134 Å². The molecule has 1 saturated heterocycles. The van der Waals surface area contributed by atoms with Gasteiger partial charge in [-0.25, -0.2) is 0 Å². The highest BCUT2D eigenvalue weighted by molar-refractivity contribution is 9.10. The molecule has 4 nitrogen and oxygen atoms in total. The van der Waals surface area contributed by atoms with Crippen LogP contribution >= 0.6 is 15.9 Å². The zero-order chi connectivity index (χ0) is 15.2. The fourth-order valence-electron chi connectivity index (χ4n) is 2.69. The van der Waals surface area contributed by atoms with Crippen molar-refractivity contribution in [3.05, 3.63) is 34.3 Å². The van der Waals surface area contributed by atoms with Crippen LogP contribution in [-0.2, 0) is 9.53 Å². The number of benzene rings is 1. The lowest BCUT2D eigenvalue weighted by molar-refractivity contribution is -0.138. The number of halogens is 1. The molecule has 2 rings (SSSR count). The number of hydrogen-bond donors (Lipinski definition) is 1. The molecule has 1 aliphatic heterocycles. The molecule has 0 bridgehead atoms. The van der Waals surface area contributed by atoms with E-state index in [1.807, 2.05) is 0 Å². The molecule has 0 amide bonds. The summed E-state index contributed by atoms with van der Waals surface area (Å²) in [7, 11) is 0. The van der Waals surface area contributed by atoms with Gasteiger partial charge in [0.25, 0.3) is 0 Å². The normalized spacial score (nSPS) is 18.6. The number of hydrogen-bond acceptors (Lipinski definition) is 3. The Balaban J connectivity index is 1.77. The van der Waals surface area contributed by atoms with Gasteiger partial charge in [0.15, 0.2) is 0 Å². The molecule has 0 aliphatic carbocycles. The molecular weight excluding hydrogens is 334 g/mol. The van der Waals surface area contributed by atoms with Gasteiger partial charge in [0.05, 0.1) is 19.1 Å². The van der Waals surface area contributed by atoms with E-state index in [4.69, 9.17) is 9.84 Å². The van der Waals surface area contributed by atoms with Crippen molar-refractivity contribution in [3.8, 4) is 0 Å². The summed E-state index contributed by atoms with van der Waals surface area (Å²) in [5.74, 6) is -0.795. The highest BCUT2D eigenvalue weighted by atomic mass is 79.9.